The average molecular weight is 308 g/mol. The third-order valence-electron chi connectivity index (χ3n) is 2.22. The van der Waals surface area contributed by atoms with E-state index in [0.717, 1.165) is 0 Å². The maximum Gasteiger partial charge on any atom is 0.339 e. The van der Waals surface area contributed by atoms with Crippen LogP contribution in [0.5, 0.6) is 0 Å². The smallest absolute Gasteiger partial charge is 0.339 e. The van der Waals surface area contributed by atoms with Crippen LogP contribution in [0.25, 0.3) is 10.4 Å². The van der Waals surface area contributed by atoms with Crippen LogP contribution >= 0.6 is 7.60 Å². The summed E-state index contributed by atoms with van der Waals surface area (Å²) in [7, 11) is -3.67. The lowest BCUT2D eigenvalue weighted by Crippen LogP contribution is -2.35. The fraction of sp³-hybridized carbons (Fsp3) is 0.900. The summed E-state index contributed by atoms with van der Waals surface area (Å²) in [5.74, 6) is -1.84. The molecule has 0 spiro atoms. The van der Waals surface area contributed by atoms with Gasteiger partial charge in [0.15, 0.2) is 0 Å². The van der Waals surface area contributed by atoms with Crippen molar-refractivity contribution in [3.63, 3.8) is 0 Å². The predicted molar refractivity (Wildman–Crippen MR) is 73.0 cm³/mol. The van der Waals surface area contributed by atoms with Crippen molar-refractivity contribution < 1.29 is 23.1 Å². The van der Waals surface area contributed by atoms with Gasteiger partial charge in [0.25, 0.3) is 0 Å². The van der Waals surface area contributed by atoms with E-state index in [9.17, 15) is 9.36 Å². The summed E-state index contributed by atoms with van der Waals surface area (Å²) in [4.78, 5) is 14.1. The van der Waals surface area contributed by atoms with Gasteiger partial charge >= 0.3 is 13.6 Å². The van der Waals surface area contributed by atoms with Gasteiger partial charge in [0.2, 0.25) is 0 Å². The number of carbonyl (C=O) groups excluding carboxylic acids is 1. The second-order valence-corrected chi connectivity index (χ2v) is 5.85. The Bertz CT molecular complexity index is 389. The van der Waals surface area contributed by atoms with E-state index in [4.69, 9.17) is 25.0 Å². The van der Waals surface area contributed by atoms with E-state index < -0.39 is 25.4 Å². The first-order chi connectivity index (χ1) is 9.45. The van der Waals surface area contributed by atoms with Crippen LogP contribution in [0, 0.1) is 0 Å². The van der Waals surface area contributed by atoms with Crippen molar-refractivity contribution in [3.8, 4) is 0 Å². The first kappa shape index (κ1) is 18.9. The second kappa shape index (κ2) is 9.74. The van der Waals surface area contributed by atoms with Crippen LogP contribution in [-0.2, 0) is 23.1 Å². The third-order valence-corrected chi connectivity index (χ3v) is 4.50. The zero-order valence-corrected chi connectivity index (χ0v) is 12.8. The molecule has 0 fully saturated rings. The largest absolute Gasteiger partial charge is 0.465 e. The molecule has 2 atom stereocenters. The molecule has 9 nitrogen and oxygen atoms in total. The van der Waals surface area contributed by atoms with Gasteiger partial charge in [-0.2, -0.15) is 0 Å². The van der Waals surface area contributed by atoms with Gasteiger partial charge < -0.3 is 19.5 Å². The molecule has 0 saturated heterocycles. The third kappa shape index (κ3) is 5.90. The number of esters is 1. The molecule has 116 valence electrons. The molecule has 20 heavy (non-hydrogen) atoms. The topological polar surface area (TPSA) is 137 Å². The van der Waals surface area contributed by atoms with Crippen LogP contribution in [-0.4, -0.2) is 37.6 Å². The highest BCUT2D eigenvalue weighted by atomic mass is 31.2. The Hall–Kier alpha value is -1.11. The number of ether oxygens (including phenoxy) is 1. The molecule has 0 saturated carbocycles. The molecule has 0 amide bonds. The van der Waals surface area contributed by atoms with E-state index >= 15 is 0 Å². The maximum absolute atomic E-state index is 12.5. The minimum atomic E-state index is -3.67. The van der Waals surface area contributed by atoms with Gasteiger partial charge in [-0.15, -0.1) is 0 Å². The first-order valence-corrected chi connectivity index (χ1v) is 7.91. The van der Waals surface area contributed by atoms with Crippen molar-refractivity contribution in [1.29, 1.82) is 0 Å². The Morgan fingerprint density at radius 2 is 1.85 bits per heavy atom. The molecule has 0 aliphatic carbocycles. The molecule has 0 aromatic carbocycles. The highest BCUT2D eigenvalue weighted by Gasteiger charge is 2.37. The van der Waals surface area contributed by atoms with Crippen LogP contribution in [0.15, 0.2) is 5.11 Å². The van der Waals surface area contributed by atoms with Gasteiger partial charge in [-0.25, -0.2) is 0 Å². The molecule has 0 aromatic rings. The van der Waals surface area contributed by atoms with Gasteiger partial charge in [-0.1, -0.05) is 5.11 Å². The van der Waals surface area contributed by atoms with E-state index in [1.807, 2.05) is 0 Å². The standard InChI is InChI=1S/C10H21N4O5P/c1-4-17-10(15)8(11)7-9(13-14-12)20(16,18-5-2)19-6-3/h8-9H,4-7,11H2,1-3H3/t8-,9-/m0/s1. The van der Waals surface area contributed by atoms with Gasteiger partial charge in [0.1, 0.15) is 11.8 Å². The van der Waals surface area contributed by atoms with Crippen molar-refractivity contribution in [1.82, 2.24) is 0 Å². The van der Waals surface area contributed by atoms with Gasteiger partial charge in [0.05, 0.1) is 19.8 Å². The summed E-state index contributed by atoms with van der Waals surface area (Å²) in [6.07, 6.45) is -0.180. The Morgan fingerprint density at radius 1 is 1.30 bits per heavy atom. The monoisotopic (exact) mass is 308 g/mol. The van der Waals surface area contributed by atoms with Gasteiger partial charge in [0, 0.05) is 4.91 Å². The number of rotatable bonds is 10. The summed E-state index contributed by atoms with van der Waals surface area (Å²) in [5, 5.41) is 3.40. The quantitative estimate of drug-likeness (QED) is 0.216. The highest BCUT2D eigenvalue weighted by Crippen LogP contribution is 2.55. The molecule has 10 heteroatoms. The molecular weight excluding hydrogens is 287 g/mol. The van der Waals surface area contributed by atoms with E-state index in [2.05, 4.69) is 10.0 Å². The lowest BCUT2D eigenvalue weighted by Gasteiger charge is -2.24. The van der Waals surface area contributed by atoms with Gasteiger partial charge in [-0.05, 0) is 32.7 Å². The molecule has 0 aliphatic heterocycles. The van der Waals surface area contributed by atoms with Crippen LogP contribution < -0.4 is 5.73 Å². The lowest BCUT2D eigenvalue weighted by molar-refractivity contribution is -0.144. The summed E-state index contributed by atoms with van der Waals surface area (Å²) in [6, 6.07) is -1.07. The second-order valence-electron chi connectivity index (χ2n) is 3.66. The fourth-order valence-corrected chi connectivity index (χ4v) is 3.24. The highest BCUT2D eigenvalue weighted by molar-refractivity contribution is 7.54. The average Bonchev–Trinajstić information content (AvgIpc) is 2.39. The zero-order chi connectivity index (χ0) is 15.6. The SMILES string of the molecule is CCOC(=O)[C@@H](N)C[C@@H](N=[N+]=[N-])P(=O)(OCC)OCC. The van der Waals surface area contributed by atoms with E-state index in [1.165, 1.54) is 0 Å². The number of nitrogens with zero attached hydrogens (tertiary/aromatic N) is 3. The first-order valence-electron chi connectivity index (χ1n) is 6.30. The zero-order valence-electron chi connectivity index (χ0n) is 11.9. The van der Waals surface area contributed by atoms with Crippen LogP contribution in [0.3, 0.4) is 0 Å². The summed E-state index contributed by atoms with van der Waals surface area (Å²) >= 11 is 0. The minimum absolute atomic E-state index is 0.114. The molecule has 0 unspecified atom stereocenters. The van der Waals surface area contributed by atoms with Crippen molar-refractivity contribution in [2.75, 3.05) is 19.8 Å². The maximum atomic E-state index is 12.5. The molecule has 0 rings (SSSR count). The summed E-state index contributed by atoms with van der Waals surface area (Å²) < 4.78 is 27.4. The summed E-state index contributed by atoms with van der Waals surface area (Å²) in [5.41, 5.74) is 14.2. The Kier molecular flexibility index (Phi) is 9.20. The van der Waals surface area contributed by atoms with Crippen molar-refractivity contribution in [3.05, 3.63) is 10.4 Å². The van der Waals surface area contributed by atoms with E-state index in [1.54, 1.807) is 20.8 Å². The normalized spacial score (nSPS) is 14.2. The van der Waals surface area contributed by atoms with Crippen molar-refractivity contribution in [2.45, 2.75) is 39.0 Å². The van der Waals surface area contributed by atoms with E-state index in [-0.39, 0.29) is 26.2 Å². The minimum Gasteiger partial charge on any atom is -0.465 e. The van der Waals surface area contributed by atoms with Crippen molar-refractivity contribution in [2.24, 2.45) is 10.8 Å². The molecule has 2 N–H and O–H groups in total. The lowest BCUT2D eigenvalue weighted by atomic mass is 10.2. The Morgan fingerprint density at radius 3 is 2.25 bits per heavy atom. The van der Waals surface area contributed by atoms with E-state index in [0.29, 0.717) is 0 Å². The molecule has 0 heterocycles. The number of hydrogen-bond donors (Lipinski definition) is 1. The number of carbonyl (C=O) groups is 1. The predicted octanol–water partition coefficient (Wildman–Crippen LogP) is 2.17. The Balaban J connectivity index is 5.06. The number of nitrogens with two attached hydrogens (primary N) is 1. The van der Waals surface area contributed by atoms with Crippen LogP contribution in [0.2, 0.25) is 0 Å². The fourth-order valence-electron chi connectivity index (χ4n) is 1.44. The van der Waals surface area contributed by atoms with Crippen LogP contribution in [0.1, 0.15) is 27.2 Å². The molecule has 0 bridgehead atoms. The molecular formula is C10H21N4O5P. The molecule has 0 radical (unpaired) electrons. The summed E-state index contributed by atoms with van der Waals surface area (Å²) in [6.45, 7) is 5.30. The van der Waals surface area contributed by atoms with Crippen molar-refractivity contribution >= 4 is 13.6 Å². The Labute approximate surface area is 117 Å². The molecule has 0 aromatic heterocycles. The van der Waals surface area contributed by atoms with Crippen LogP contribution in [0.4, 0.5) is 0 Å². The van der Waals surface area contributed by atoms with Gasteiger partial charge in [-0.3, -0.25) is 9.36 Å². The number of azide groups is 1. The number of hydrogen-bond acceptors (Lipinski definition) is 7. The molecule has 0 aliphatic rings.